The second-order valence-electron chi connectivity index (χ2n) is 23.6. The number of rotatable bonds is 33. The summed E-state index contributed by atoms with van der Waals surface area (Å²) >= 11 is 2.24. The van der Waals surface area contributed by atoms with E-state index in [2.05, 4.69) is 53.8 Å². The highest BCUT2D eigenvalue weighted by molar-refractivity contribution is 14.1. The van der Waals surface area contributed by atoms with E-state index >= 15 is 0 Å². The number of alkyl halides is 2. The lowest BCUT2D eigenvalue weighted by molar-refractivity contribution is -0.140. The standard InChI is InChI=1S/C63H89F2IN12O13/c1-67-38-48-37-63(64,65)44-78(48)57(82)39-71-61(89)50-19-24-68-52-18-17-49(36-51(50)52)91-35-7-9-46-20-25-77(26-21-46)56(81)12-3-2-4-22-70-62(90)53(10-6-23-69-54(79)11-5-8-45-13-15-47(66)16-14-45)72-55(80)40-73-27-29-74(41-58(83)84)31-33-76(43-60(87)88)34-32-75(30-28-73)42-59(85)86/h13-19,24,36,38,46,48,53H,2-12,20-23,25-35,37,39-44H2,1H3,(H,69,79)(H,70,90)(H,71,89)(H,72,80)(H,83,84)(H,85,86)(H,87,88)/t48-,53+/m1/s1. The predicted molar refractivity (Wildman–Crippen MR) is 344 cm³/mol. The number of aliphatic imine (C=N–C) groups is 1. The number of ether oxygens (including phenoxy) is 1. The van der Waals surface area contributed by atoms with Crippen LogP contribution in [0.15, 0.2) is 59.7 Å². The van der Waals surface area contributed by atoms with Crippen molar-refractivity contribution in [3.05, 3.63) is 69.4 Å². The molecule has 6 amide bonds. The van der Waals surface area contributed by atoms with Crippen molar-refractivity contribution in [1.82, 2.24) is 55.7 Å². The van der Waals surface area contributed by atoms with Gasteiger partial charge in [0.05, 0.1) is 63.0 Å². The molecule has 6 rings (SSSR count). The first-order valence-electron chi connectivity index (χ1n) is 31.4. The summed E-state index contributed by atoms with van der Waals surface area (Å²) in [5.74, 6) is -7.44. The predicted octanol–water partition coefficient (Wildman–Crippen LogP) is 3.46. The SMILES string of the molecule is CN=C[C@H]1CC(F)(F)CN1C(=O)CNC(=O)c1ccnc2ccc(OCCCC3CCN(C(=O)CCCCCNC(=O)[C@H](CCCNC(=O)CCCc4ccc(I)cc4)NC(=O)CN4CCN(CC(=O)O)CCN(CC(=O)O)CCN(CC(=O)O)CC4)CC3)cc12. The van der Waals surface area contributed by atoms with Crippen LogP contribution in [0, 0.1) is 9.49 Å². The smallest absolute Gasteiger partial charge is 0.317 e. The lowest BCUT2D eigenvalue weighted by Crippen LogP contribution is -2.52. The Morgan fingerprint density at radius 3 is 1.93 bits per heavy atom. The van der Waals surface area contributed by atoms with Crippen LogP contribution in [0.5, 0.6) is 5.75 Å². The van der Waals surface area contributed by atoms with Crippen LogP contribution in [-0.2, 0) is 44.8 Å². The number of carbonyl (C=O) groups excluding carboxylic acids is 6. The van der Waals surface area contributed by atoms with Crippen molar-refractivity contribution in [1.29, 1.82) is 0 Å². The second kappa shape index (κ2) is 38.1. The Morgan fingerprint density at radius 1 is 0.703 bits per heavy atom. The highest BCUT2D eigenvalue weighted by Crippen LogP contribution is 2.32. The van der Waals surface area contributed by atoms with Gasteiger partial charge in [-0.15, -0.1) is 0 Å². The van der Waals surface area contributed by atoms with E-state index < -0.39 is 79.1 Å². The number of nitrogens with one attached hydrogen (secondary N) is 4. The van der Waals surface area contributed by atoms with Gasteiger partial charge in [-0.25, -0.2) is 8.78 Å². The quantitative estimate of drug-likeness (QED) is 0.0261. The third-order valence-electron chi connectivity index (χ3n) is 16.5. The molecule has 25 nitrogen and oxygen atoms in total. The van der Waals surface area contributed by atoms with E-state index in [0.717, 1.165) is 46.1 Å². The zero-order valence-corrected chi connectivity index (χ0v) is 54.1. The molecule has 2 aromatic carbocycles. The van der Waals surface area contributed by atoms with Gasteiger partial charge in [-0.05, 0) is 135 Å². The Morgan fingerprint density at radius 2 is 1.32 bits per heavy atom. The van der Waals surface area contributed by atoms with Gasteiger partial charge in [-0.3, -0.25) is 72.7 Å². The van der Waals surface area contributed by atoms with Crippen LogP contribution in [0.1, 0.15) is 99.4 Å². The van der Waals surface area contributed by atoms with E-state index in [4.69, 9.17) is 4.74 Å². The number of halogens is 3. The van der Waals surface area contributed by atoms with Crippen LogP contribution in [-0.4, -0.2) is 259 Å². The van der Waals surface area contributed by atoms with Crippen molar-refractivity contribution in [3.8, 4) is 5.75 Å². The van der Waals surface area contributed by atoms with Gasteiger partial charge in [-0.2, -0.15) is 0 Å². The maximum Gasteiger partial charge on any atom is 0.317 e. The van der Waals surface area contributed by atoms with Gasteiger partial charge in [0.25, 0.3) is 11.8 Å². The van der Waals surface area contributed by atoms with Crippen molar-refractivity contribution in [2.75, 3.05) is 131 Å². The summed E-state index contributed by atoms with van der Waals surface area (Å²) in [7, 11) is 1.45. The van der Waals surface area contributed by atoms with Crippen LogP contribution in [0.25, 0.3) is 10.9 Å². The van der Waals surface area contributed by atoms with E-state index in [1.807, 2.05) is 29.2 Å². The summed E-state index contributed by atoms with van der Waals surface area (Å²) in [6.07, 6.45) is 10.2. The molecule has 2 atom stereocenters. The number of hydrogen-bond acceptors (Lipinski definition) is 16. The highest BCUT2D eigenvalue weighted by atomic mass is 127. The number of carboxylic acid groups (broad SMARTS) is 3. The van der Waals surface area contributed by atoms with Gasteiger partial charge in [0.15, 0.2) is 0 Å². The van der Waals surface area contributed by atoms with E-state index in [-0.39, 0.29) is 109 Å². The van der Waals surface area contributed by atoms with Gasteiger partial charge >= 0.3 is 17.9 Å². The highest BCUT2D eigenvalue weighted by Gasteiger charge is 2.46. The number of amides is 6. The van der Waals surface area contributed by atoms with Crippen LogP contribution >= 0.6 is 22.6 Å². The molecule has 0 spiro atoms. The van der Waals surface area contributed by atoms with Gasteiger partial charge in [0.2, 0.25) is 29.5 Å². The number of benzene rings is 2. The molecule has 0 bridgehead atoms. The summed E-state index contributed by atoms with van der Waals surface area (Å²) in [4.78, 5) is 133. The van der Waals surface area contributed by atoms with E-state index in [1.54, 1.807) is 37.8 Å². The number of carboxylic acids is 3. The van der Waals surface area contributed by atoms with Gasteiger partial charge in [0, 0.05) is 126 Å². The first-order valence-corrected chi connectivity index (χ1v) is 32.5. The Hall–Kier alpha value is -7.02. The number of pyridine rings is 1. The number of likely N-dealkylation sites (tertiary alicyclic amines) is 2. The van der Waals surface area contributed by atoms with Crippen LogP contribution in [0.3, 0.4) is 0 Å². The topological polar surface area (TPSA) is 316 Å². The first-order chi connectivity index (χ1) is 43.6. The maximum atomic E-state index is 14.1. The van der Waals surface area contributed by atoms with Crippen LogP contribution in [0.2, 0.25) is 0 Å². The summed E-state index contributed by atoms with van der Waals surface area (Å²) < 4.78 is 35.5. The molecule has 1 aromatic heterocycles. The zero-order chi connectivity index (χ0) is 65.7. The van der Waals surface area contributed by atoms with Crippen molar-refractivity contribution >= 4 is 93.1 Å². The molecule has 500 valence electrons. The molecule has 3 aromatic rings. The Balaban J connectivity index is 0.922. The number of carbonyl (C=O) groups is 9. The Kier molecular flexibility index (Phi) is 30.6. The van der Waals surface area contributed by atoms with E-state index in [9.17, 15) is 67.3 Å². The molecule has 0 radical (unpaired) electrons. The molecule has 91 heavy (non-hydrogen) atoms. The molecule has 3 fully saturated rings. The number of aliphatic carboxylic acids is 3. The average Bonchev–Trinajstić information content (AvgIpc) is 2.30. The fourth-order valence-electron chi connectivity index (χ4n) is 11.5. The van der Waals surface area contributed by atoms with Gasteiger partial charge in [0.1, 0.15) is 11.8 Å². The number of unbranched alkanes of at least 4 members (excludes halogenated alkanes) is 2. The van der Waals surface area contributed by atoms with E-state index in [1.165, 1.54) is 25.5 Å². The minimum atomic E-state index is -3.05. The van der Waals surface area contributed by atoms with Crippen LogP contribution < -0.4 is 26.0 Å². The lowest BCUT2D eigenvalue weighted by atomic mass is 9.92. The van der Waals surface area contributed by atoms with Gasteiger partial charge in [-0.1, -0.05) is 18.6 Å². The maximum absolute atomic E-state index is 14.1. The van der Waals surface area contributed by atoms with Crippen LogP contribution in [0.4, 0.5) is 8.78 Å². The molecule has 0 unspecified atom stereocenters. The molecule has 3 aliphatic heterocycles. The molecule has 28 heteroatoms. The molecular formula is C63H89F2IN12O13. The fourth-order valence-corrected chi connectivity index (χ4v) is 11.9. The van der Waals surface area contributed by atoms with Crippen molar-refractivity contribution in [2.45, 2.75) is 108 Å². The normalized spacial score (nSPS) is 17.8. The first kappa shape index (κ1) is 73.0. The number of piperidine rings is 1. The van der Waals surface area contributed by atoms with Gasteiger partial charge < -0.3 is 51.1 Å². The number of aryl methyl sites for hydroxylation is 1. The van der Waals surface area contributed by atoms with E-state index in [0.29, 0.717) is 93.8 Å². The minimum Gasteiger partial charge on any atom is -0.494 e. The van der Waals surface area contributed by atoms with Crippen molar-refractivity contribution in [3.63, 3.8) is 0 Å². The number of hydrogen-bond donors (Lipinski definition) is 7. The Labute approximate surface area is 543 Å². The third-order valence-corrected chi connectivity index (χ3v) is 17.2. The third kappa shape index (κ3) is 26.6. The molecule has 0 saturated carbocycles. The monoisotopic (exact) mass is 1390 g/mol. The summed E-state index contributed by atoms with van der Waals surface area (Å²) in [5.41, 5.74) is 1.93. The average molecular weight is 1390 g/mol. The zero-order valence-electron chi connectivity index (χ0n) is 52.0. The molecule has 3 saturated heterocycles. The second-order valence-corrected chi connectivity index (χ2v) is 24.8. The summed E-state index contributed by atoms with van der Waals surface area (Å²) in [6.45, 7) is 1.70. The number of fused-ring (bicyclic) bond motifs is 1. The van der Waals surface area contributed by atoms with Crippen molar-refractivity contribution < 1.29 is 72.0 Å². The Bertz CT molecular complexity index is 2910. The largest absolute Gasteiger partial charge is 0.494 e. The molecular weight excluding hydrogens is 1300 g/mol. The molecule has 7 N–H and O–H groups in total. The molecule has 3 aliphatic rings. The number of aromatic nitrogens is 1. The fraction of sp³-hybridized carbons (Fsp3) is 0.603. The summed E-state index contributed by atoms with van der Waals surface area (Å²) in [6, 6.07) is 13.0. The lowest BCUT2D eigenvalue weighted by Gasteiger charge is -2.33. The molecule has 4 heterocycles. The van der Waals surface area contributed by atoms with Crippen molar-refractivity contribution in [2.24, 2.45) is 10.9 Å². The number of nitrogens with zero attached hydrogens (tertiary/aromatic N) is 8. The minimum absolute atomic E-state index is 0.0767. The molecule has 0 aliphatic carbocycles. The summed E-state index contributed by atoms with van der Waals surface area (Å²) in [5, 5.41) is 40.7.